The molecule has 0 spiro atoms. The molecule has 0 aliphatic heterocycles. The fourth-order valence-electron chi connectivity index (χ4n) is 5.92. The number of hydrogen-bond acceptors (Lipinski definition) is 2. The van der Waals surface area contributed by atoms with Gasteiger partial charge in [0, 0.05) is 44.2 Å². The predicted octanol–water partition coefficient (Wildman–Crippen LogP) is 10.4. The first-order valence-corrected chi connectivity index (χ1v) is 13.7. The fraction of sp³-hybridized carbons (Fsp3) is 0.0526. The Kier molecular flexibility index (Phi) is 5.21. The third-order valence-corrected chi connectivity index (χ3v) is 7.84. The molecule has 2 aromatic heterocycles. The van der Waals surface area contributed by atoms with Crippen molar-refractivity contribution in [3.63, 3.8) is 0 Å². The zero-order valence-electron chi connectivity index (χ0n) is 21.8. The summed E-state index contributed by atoms with van der Waals surface area (Å²) in [4.78, 5) is 0. The molecule has 7 aromatic rings. The Labute approximate surface area is 232 Å². The topological polar surface area (TPSA) is 26.3 Å². The van der Waals surface area contributed by atoms with Gasteiger partial charge in [-0.05, 0) is 60.4 Å². The van der Waals surface area contributed by atoms with Crippen LogP contribution in [0.2, 0.25) is 0 Å². The Morgan fingerprint density at radius 3 is 2.33 bits per heavy atom. The highest BCUT2D eigenvalue weighted by atomic mass is 16.3. The molecule has 2 heteroatoms. The van der Waals surface area contributed by atoms with Crippen LogP contribution in [0.5, 0.6) is 0 Å². The van der Waals surface area contributed by atoms with Gasteiger partial charge in [-0.15, -0.1) is 0 Å². The van der Waals surface area contributed by atoms with Gasteiger partial charge < -0.3 is 8.83 Å². The van der Waals surface area contributed by atoms with Gasteiger partial charge in [0.2, 0.25) is 0 Å². The number of fused-ring (bicyclic) bond motifs is 4. The van der Waals surface area contributed by atoms with E-state index in [2.05, 4.69) is 103 Å². The van der Waals surface area contributed by atoms with E-state index in [1.54, 1.807) is 0 Å². The van der Waals surface area contributed by atoms with Crippen molar-refractivity contribution in [2.75, 3.05) is 0 Å². The maximum atomic E-state index is 6.82. The van der Waals surface area contributed by atoms with Crippen molar-refractivity contribution in [1.29, 1.82) is 0 Å². The molecule has 0 N–H and O–H groups in total. The Hall–Kier alpha value is -5.26. The number of rotatable bonds is 4. The van der Waals surface area contributed by atoms with E-state index >= 15 is 0 Å². The van der Waals surface area contributed by atoms with Crippen LogP contribution < -0.4 is 0 Å². The van der Waals surface area contributed by atoms with Crippen molar-refractivity contribution in [1.82, 2.24) is 0 Å². The smallest absolute Gasteiger partial charge is 0.142 e. The van der Waals surface area contributed by atoms with E-state index in [1.165, 1.54) is 11.1 Å². The van der Waals surface area contributed by atoms with Gasteiger partial charge in [-0.1, -0.05) is 97.1 Å². The minimum Gasteiger partial charge on any atom is -0.456 e. The lowest BCUT2D eigenvalue weighted by Crippen LogP contribution is -1.94. The van der Waals surface area contributed by atoms with Crippen LogP contribution in [0.25, 0.3) is 72.9 Å². The van der Waals surface area contributed by atoms with Crippen molar-refractivity contribution < 1.29 is 8.83 Å². The van der Waals surface area contributed by atoms with Crippen molar-refractivity contribution in [2.45, 2.75) is 12.8 Å². The summed E-state index contributed by atoms with van der Waals surface area (Å²) in [5, 5.41) is 2.25. The maximum absolute atomic E-state index is 6.82. The predicted molar refractivity (Wildman–Crippen MR) is 163 cm³/mol. The molecule has 8 rings (SSSR count). The highest BCUT2D eigenvalue weighted by molar-refractivity contribution is 6.06. The second-order valence-corrected chi connectivity index (χ2v) is 10.2. The normalized spacial score (nSPS) is 12.5. The summed E-state index contributed by atoms with van der Waals surface area (Å²) in [5.74, 6) is 1.86. The van der Waals surface area contributed by atoms with Crippen LogP contribution in [-0.2, 0) is 6.42 Å². The third kappa shape index (κ3) is 3.67. The summed E-state index contributed by atoms with van der Waals surface area (Å²) in [7, 11) is 0. The number of para-hydroxylation sites is 1. The van der Waals surface area contributed by atoms with Crippen LogP contribution in [0, 0.1) is 12.1 Å². The van der Waals surface area contributed by atoms with E-state index in [1.807, 2.05) is 30.3 Å². The highest BCUT2D eigenvalue weighted by Gasteiger charge is 2.25. The number of allylic oxidation sites excluding steroid dienone is 1. The quantitative estimate of drug-likeness (QED) is 0.234. The summed E-state index contributed by atoms with van der Waals surface area (Å²) >= 11 is 0. The SMILES string of the molecule is c1cccc(-c2ccc(-c3ccc4oc5ccccc5c4c3)cc2-c2oc(-c3ccccc3)c3c2CCC=C3)c#1. The summed E-state index contributed by atoms with van der Waals surface area (Å²) in [6.07, 6.45) is 6.41. The van der Waals surface area contributed by atoms with Crippen LogP contribution in [-0.4, -0.2) is 0 Å². The molecule has 188 valence electrons. The molecular formula is C38H24O2. The first kappa shape index (κ1) is 22.7. The minimum absolute atomic E-state index is 0.899. The summed E-state index contributed by atoms with van der Waals surface area (Å²) in [5.41, 5.74) is 10.8. The minimum atomic E-state index is 0.899. The van der Waals surface area contributed by atoms with E-state index in [-0.39, 0.29) is 0 Å². The molecule has 0 fully saturated rings. The monoisotopic (exact) mass is 512 g/mol. The Balaban J connectivity index is 1.36. The van der Waals surface area contributed by atoms with E-state index in [4.69, 9.17) is 8.83 Å². The zero-order valence-corrected chi connectivity index (χ0v) is 21.8. The molecular weight excluding hydrogens is 488 g/mol. The van der Waals surface area contributed by atoms with Gasteiger partial charge >= 0.3 is 0 Å². The first-order valence-electron chi connectivity index (χ1n) is 13.7. The summed E-state index contributed by atoms with van der Waals surface area (Å²) in [6, 6.07) is 44.2. The van der Waals surface area contributed by atoms with Crippen LogP contribution >= 0.6 is 0 Å². The van der Waals surface area contributed by atoms with E-state index in [0.29, 0.717) is 0 Å². The molecule has 1 aliphatic carbocycles. The molecule has 0 bridgehead atoms. The number of benzene rings is 4. The van der Waals surface area contributed by atoms with Crippen LogP contribution in [0.4, 0.5) is 0 Å². The van der Waals surface area contributed by atoms with Gasteiger partial charge in [-0.2, -0.15) is 0 Å². The summed E-state index contributed by atoms with van der Waals surface area (Å²) < 4.78 is 12.9. The molecule has 0 atom stereocenters. The van der Waals surface area contributed by atoms with Gasteiger partial charge in [0.25, 0.3) is 0 Å². The van der Waals surface area contributed by atoms with Crippen molar-refractivity contribution in [3.05, 3.63) is 139 Å². The molecule has 0 saturated carbocycles. The van der Waals surface area contributed by atoms with Crippen molar-refractivity contribution in [3.8, 4) is 44.9 Å². The third-order valence-electron chi connectivity index (χ3n) is 7.84. The molecule has 2 heterocycles. The average Bonchev–Trinajstić information content (AvgIpc) is 3.60. The first-order chi connectivity index (χ1) is 19.8. The van der Waals surface area contributed by atoms with Crippen molar-refractivity contribution in [2.24, 2.45) is 0 Å². The van der Waals surface area contributed by atoms with Gasteiger partial charge in [-0.25, -0.2) is 0 Å². The molecule has 0 amide bonds. The standard InChI is InChI=1S/C38H24O2/c1-3-11-25(12-4-1)29-21-19-27(28-20-22-36-33(23-28)30-15-9-10-18-35(30)39-36)24-34(29)38-32-17-8-7-16-31(32)37(40-38)26-13-5-2-6-14-26/h1-3,5-7,9-11,13-16,18-24H,8,17H2. The average molecular weight is 513 g/mol. The molecule has 2 nitrogen and oxygen atoms in total. The lowest BCUT2D eigenvalue weighted by molar-refractivity contribution is 0.594. The van der Waals surface area contributed by atoms with Crippen LogP contribution in [0.3, 0.4) is 0 Å². The number of hydrogen-bond donors (Lipinski definition) is 0. The van der Waals surface area contributed by atoms with Gasteiger partial charge in [0.15, 0.2) is 0 Å². The van der Waals surface area contributed by atoms with Gasteiger partial charge in [0.05, 0.1) is 0 Å². The van der Waals surface area contributed by atoms with Crippen LogP contribution in [0.1, 0.15) is 17.5 Å². The van der Waals surface area contributed by atoms with Crippen molar-refractivity contribution >= 4 is 28.0 Å². The molecule has 40 heavy (non-hydrogen) atoms. The Morgan fingerprint density at radius 2 is 1.43 bits per heavy atom. The molecule has 1 aliphatic rings. The fourth-order valence-corrected chi connectivity index (χ4v) is 5.92. The number of furan rings is 2. The summed E-state index contributed by atoms with van der Waals surface area (Å²) in [6.45, 7) is 0. The molecule has 0 unspecified atom stereocenters. The highest BCUT2D eigenvalue weighted by Crippen LogP contribution is 2.45. The maximum Gasteiger partial charge on any atom is 0.142 e. The second kappa shape index (κ2) is 9.19. The van der Waals surface area contributed by atoms with E-state index < -0.39 is 0 Å². The van der Waals surface area contributed by atoms with E-state index in [9.17, 15) is 0 Å². The Bertz CT molecular complexity index is 2040. The molecule has 5 aromatic carbocycles. The van der Waals surface area contributed by atoms with Crippen LogP contribution in [0.15, 0.2) is 124 Å². The van der Waals surface area contributed by atoms with Gasteiger partial charge in [-0.3, -0.25) is 0 Å². The lowest BCUT2D eigenvalue weighted by Gasteiger charge is -2.13. The van der Waals surface area contributed by atoms with Gasteiger partial charge in [0.1, 0.15) is 22.7 Å². The lowest BCUT2D eigenvalue weighted by atomic mass is 9.89. The molecule has 0 saturated heterocycles. The molecule has 0 radical (unpaired) electrons. The zero-order chi connectivity index (χ0) is 26.5. The van der Waals surface area contributed by atoms with E-state index in [0.717, 1.165) is 79.7 Å². The second-order valence-electron chi connectivity index (χ2n) is 10.2. The Morgan fingerprint density at radius 1 is 0.600 bits per heavy atom. The largest absolute Gasteiger partial charge is 0.456 e.